The van der Waals surface area contributed by atoms with Crippen LogP contribution in [0.1, 0.15) is 5.69 Å². The normalized spacial score (nSPS) is 10.4. The third kappa shape index (κ3) is 2.69. The standard InChI is InChI=1S/C7H12N2O2/c1-9-3-7(8-5-9)4-11-6-10-2/h3,5H,4,6H2,1-2H3. The molecule has 0 bridgehead atoms. The molecule has 1 aromatic heterocycles. The third-order valence-corrected chi connectivity index (χ3v) is 1.21. The van der Waals surface area contributed by atoms with Crippen molar-refractivity contribution in [2.24, 2.45) is 7.05 Å². The van der Waals surface area contributed by atoms with Crippen molar-refractivity contribution in [2.45, 2.75) is 6.61 Å². The molecule has 0 N–H and O–H groups in total. The van der Waals surface area contributed by atoms with E-state index >= 15 is 0 Å². The molecule has 0 amide bonds. The van der Waals surface area contributed by atoms with E-state index in [-0.39, 0.29) is 0 Å². The van der Waals surface area contributed by atoms with Gasteiger partial charge in [0.05, 0.1) is 18.6 Å². The van der Waals surface area contributed by atoms with Crippen molar-refractivity contribution in [3.63, 3.8) is 0 Å². The predicted molar refractivity (Wildman–Crippen MR) is 39.9 cm³/mol. The van der Waals surface area contributed by atoms with Crippen LogP contribution in [0.15, 0.2) is 12.5 Å². The predicted octanol–water partition coefficient (Wildman–Crippen LogP) is 0.541. The van der Waals surface area contributed by atoms with Gasteiger partial charge in [0.15, 0.2) is 0 Å². The van der Waals surface area contributed by atoms with Crippen molar-refractivity contribution in [1.29, 1.82) is 0 Å². The van der Waals surface area contributed by atoms with E-state index in [1.54, 1.807) is 13.4 Å². The lowest BCUT2D eigenvalue weighted by Gasteiger charge is -1.97. The molecule has 0 saturated carbocycles. The Morgan fingerprint density at radius 1 is 1.64 bits per heavy atom. The van der Waals surface area contributed by atoms with Crippen molar-refractivity contribution >= 4 is 0 Å². The van der Waals surface area contributed by atoms with Crippen molar-refractivity contribution in [1.82, 2.24) is 9.55 Å². The van der Waals surface area contributed by atoms with E-state index in [0.29, 0.717) is 13.4 Å². The minimum atomic E-state index is 0.316. The average Bonchev–Trinajstić information content (AvgIpc) is 2.37. The number of methoxy groups -OCH3 is 1. The first kappa shape index (κ1) is 8.23. The van der Waals surface area contributed by atoms with Crippen LogP contribution in [-0.4, -0.2) is 23.5 Å². The molecule has 62 valence electrons. The number of hydrogen-bond donors (Lipinski definition) is 0. The second-order valence-corrected chi connectivity index (χ2v) is 2.29. The number of aryl methyl sites for hydroxylation is 1. The van der Waals surface area contributed by atoms with E-state index in [2.05, 4.69) is 4.98 Å². The number of rotatable bonds is 4. The van der Waals surface area contributed by atoms with Crippen molar-refractivity contribution in [2.75, 3.05) is 13.9 Å². The molecule has 4 nitrogen and oxygen atoms in total. The van der Waals surface area contributed by atoms with Crippen molar-refractivity contribution in [3.8, 4) is 0 Å². The molecule has 4 heteroatoms. The zero-order valence-electron chi connectivity index (χ0n) is 6.78. The van der Waals surface area contributed by atoms with Crippen LogP contribution < -0.4 is 0 Å². The zero-order valence-corrected chi connectivity index (χ0v) is 6.78. The van der Waals surface area contributed by atoms with Gasteiger partial charge in [0.2, 0.25) is 0 Å². The summed E-state index contributed by atoms with van der Waals surface area (Å²) in [4.78, 5) is 4.07. The Morgan fingerprint density at radius 3 is 3.00 bits per heavy atom. The quantitative estimate of drug-likeness (QED) is 0.471. The summed E-state index contributed by atoms with van der Waals surface area (Å²) in [6, 6.07) is 0. The highest BCUT2D eigenvalue weighted by Crippen LogP contribution is 1.95. The van der Waals surface area contributed by atoms with E-state index in [9.17, 15) is 0 Å². The fourth-order valence-corrected chi connectivity index (χ4v) is 0.771. The minimum Gasteiger partial charge on any atom is -0.359 e. The van der Waals surface area contributed by atoms with Crippen LogP contribution in [0.3, 0.4) is 0 Å². The summed E-state index contributed by atoms with van der Waals surface area (Å²) in [5, 5.41) is 0. The van der Waals surface area contributed by atoms with Crippen LogP contribution in [-0.2, 0) is 23.1 Å². The fraction of sp³-hybridized carbons (Fsp3) is 0.571. The molecule has 0 fully saturated rings. The minimum absolute atomic E-state index is 0.316. The van der Waals surface area contributed by atoms with E-state index in [0.717, 1.165) is 5.69 Å². The topological polar surface area (TPSA) is 36.3 Å². The van der Waals surface area contributed by atoms with Gasteiger partial charge in [0.1, 0.15) is 6.79 Å². The van der Waals surface area contributed by atoms with Crippen LogP contribution in [0.4, 0.5) is 0 Å². The van der Waals surface area contributed by atoms with Gasteiger partial charge in [-0.3, -0.25) is 0 Å². The van der Waals surface area contributed by atoms with Crippen LogP contribution >= 0.6 is 0 Å². The Morgan fingerprint density at radius 2 is 2.45 bits per heavy atom. The largest absolute Gasteiger partial charge is 0.359 e. The molecular weight excluding hydrogens is 144 g/mol. The van der Waals surface area contributed by atoms with Crippen LogP contribution in [0.2, 0.25) is 0 Å². The molecule has 0 aliphatic heterocycles. The molecule has 0 spiro atoms. The van der Waals surface area contributed by atoms with Crippen LogP contribution in [0.5, 0.6) is 0 Å². The van der Waals surface area contributed by atoms with Gasteiger partial charge in [0, 0.05) is 20.4 Å². The first-order valence-electron chi connectivity index (χ1n) is 3.36. The van der Waals surface area contributed by atoms with Gasteiger partial charge in [-0.05, 0) is 0 Å². The Hall–Kier alpha value is -0.870. The number of ether oxygens (including phenoxy) is 2. The zero-order chi connectivity index (χ0) is 8.10. The molecule has 0 aliphatic carbocycles. The Balaban J connectivity index is 2.27. The van der Waals surface area contributed by atoms with Gasteiger partial charge in [-0.2, -0.15) is 0 Å². The lowest BCUT2D eigenvalue weighted by Crippen LogP contribution is -1.96. The van der Waals surface area contributed by atoms with Gasteiger partial charge in [-0.25, -0.2) is 4.98 Å². The van der Waals surface area contributed by atoms with Crippen molar-refractivity contribution < 1.29 is 9.47 Å². The second kappa shape index (κ2) is 4.10. The van der Waals surface area contributed by atoms with E-state index in [1.165, 1.54) is 0 Å². The summed E-state index contributed by atoms with van der Waals surface area (Å²) in [6.07, 6.45) is 3.65. The monoisotopic (exact) mass is 156 g/mol. The highest BCUT2D eigenvalue weighted by atomic mass is 16.7. The molecule has 0 atom stereocenters. The van der Waals surface area contributed by atoms with E-state index in [1.807, 2.05) is 17.8 Å². The maximum Gasteiger partial charge on any atom is 0.146 e. The molecule has 0 unspecified atom stereocenters. The number of imidazole rings is 1. The van der Waals surface area contributed by atoms with Gasteiger partial charge < -0.3 is 14.0 Å². The molecule has 1 aromatic rings. The molecule has 1 heterocycles. The van der Waals surface area contributed by atoms with E-state index in [4.69, 9.17) is 9.47 Å². The van der Waals surface area contributed by atoms with Gasteiger partial charge >= 0.3 is 0 Å². The highest BCUT2D eigenvalue weighted by molar-refractivity contribution is 4.93. The molecular formula is C7H12N2O2. The third-order valence-electron chi connectivity index (χ3n) is 1.21. The summed E-state index contributed by atoms with van der Waals surface area (Å²) in [6.45, 7) is 0.825. The first-order valence-corrected chi connectivity index (χ1v) is 3.36. The summed E-state index contributed by atoms with van der Waals surface area (Å²) in [5.41, 5.74) is 0.921. The van der Waals surface area contributed by atoms with Gasteiger partial charge in [0.25, 0.3) is 0 Å². The SMILES string of the molecule is COCOCc1cn(C)cn1. The number of hydrogen-bond acceptors (Lipinski definition) is 3. The number of aromatic nitrogens is 2. The molecule has 0 aromatic carbocycles. The maximum absolute atomic E-state index is 5.08. The van der Waals surface area contributed by atoms with E-state index < -0.39 is 0 Å². The molecule has 0 saturated heterocycles. The average molecular weight is 156 g/mol. The fourth-order valence-electron chi connectivity index (χ4n) is 0.771. The molecule has 0 aliphatic rings. The smallest absolute Gasteiger partial charge is 0.146 e. The Labute approximate surface area is 65.8 Å². The summed E-state index contributed by atoms with van der Waals surface area (Å²) >= 11 is 0. The van der Waals surface area contributed by atoms with Crippen LogP contribution in [0.25, 0.3) is 0 Å². The first-order chi connectivity index (χ1) is 5.33. The van der Waals surface area contributed by atoms with Crippen LogP contribution in [0, 0.1) is 0 Å². The maximum atomic E-state index is 5.08. The summed E-state index contributed by atoms with van der Waals surface area (Å²) in [7, 11) is 3.52. The molecule has 1 rings (SSSR count). The Kier molecular flexibility index (Phi) is 3.07. The summed E-state index contributed by atoms with van der Waals surface area (Å²) in [5.74, 6) is 0. The summed E-state index contributed by atoms with van der Waals surface area (Å²) < 4.78 is 11.7. The second-order valence-electron chi connectivity index (χ2n) is 2.29. The van der Waals surface area contributed by atoms with Gasteiger partial charge in [-0.15, -0.1) is 0 Å². The lowest BCUT2D eigenvalue weighted by molar-refractivity contribution is -0.0400. The molecule has 0 radical (unpaired) electrons. The van der Waals surface area contributed by atoms with Crippen molar-refractivity contribution in [3.05, 3.63) is 18.2 Å². The number of nitrogens with zero attached hydrogens (tertiary/aromatic N) is 2. The Bertz CT molecular complexity index is 210. The highest BCUT2D eigenvalue weighted by Gasteiger charge is 1.94. The molecule has 11 heavy (non-hydrogen) atoms. The lowest BCUT2D eigenvalue weighted by atomic mass is 10.5. The van der Waals surface area contributed by atoms with Gasteiger partial charge in [-0.1, -0.05) is 0 Å².